The summed E-state index contributed by atoms with van der Waals surface area (Å²) in [4.78, 5) is 45.3. The van der Waals surface area contributed by atoms with Crippen molar-refractivity contribution in [2.24, 2.45) is 11.3 Å². The molecule has 10 nitrogen and oxygen atoms in total. The van der Waals surface area contributed by atoms with Crippen LogP contribution >= 0.6 is 0 Å². The van der Waals surface area contributed by atoms with Gasteiger partial charge >= 0.3 is 5.69 Å². The Balaban J connectivity index is 1.18. The van der Waals surface area contributed by atoms with Crippen LogP contribution in [0.4, 0.5) is 15.9 Å². The number of imidazole rings is 1. The number of benzene rings is 2. The lowest BCUT2D eigenvalue weighted by atomic mass is 9.86. The quantitative estimate of drug-likeness (QED) is 0.315. The second-order valence-corrected chi connectivity index (χ2v) is 11.8. The molecular weight excluding hydrogens is 537 g/mol. The van der Waals surface area contributed by atoms with Gasteiger partial charge in [0.25, 0.3) is 0 Å². The molecule has 11 heteroatoms. The van der Waals surface area contributed by atoms with Crippen molar-refractivity contribution in [2.75, 3.05) is 42.5 Å². The lowest BCUT2D eigenvalue weighted by molar-refractivity contribution is -0.121. The highest BCUT2D eigenvalue weighted by atomic mass is 19.1. The summed E-state index contributed by atoms with van der Waals surface area (Å²) < 4.78 is 20.7. The molecule has 2 aliphatic heterocycles. The SMILES string of the molecule is CCN(C(=O)C(C)C)c1cc(F)ccc1Oc1cncnc1N1CCC2(CCN(Cc3ccc4[nH]c(=O)[nH]c4c3)C2)C1. The van der Waals surface area contributed by atoms with Gasteiger partial charge in [0.05, 0.1) is 22.9 Å². The normalized spacial score (nSPS) is 18.9. The van der Waals surface area contributed by atoms with Crippen LogP contribution in [0.3, 0.4) is 0 Å². The molecule has 0 saturated carbocycles. The highest BCUT2D eigenvalue weighted by Crippen LogP contribution is 2.44. The number of aromatic amines is 2. The summed E-state index contributed by atoms with van der Waals surface area (Å²) in [5.41, 5.74) is 3.15. The van der Waals surface area contributed by atoms with E-state index in [0.29, 0.717) is 29.5 Å². The van der Waals surface area contributed by atoms with E-state index in [2.05, 4.69) is 35.8 Å². The number of carbonyl (C=O) groups is 1. The second kappa shape index (κ2) is 11.2. The van der Waals surface area contributed by atoms with Gasteiger partial charge in [0.15, 0.2) is 17.3 Å². The summed E-state index contributed by atoms with van der Waals surface area (Å²) in [6.07, 6.45) is 5.26. The Morgan fingerprint density at radius 1 is 1.10 bits per heavy atom. The van der Waals surface area contributed by atoms with Crippen molar-refractivity contribution >= 4 is 28.4 Å². The molecule has 0 aliphatic carbocycles. The molecule has 6 rings (SSSR count). The van der Waals surface area contributed by atoms with Gasteiger partial charge < -0.3 is 24.5 Å². The van der Waals surface area contributed by atoms with E-state index >= 15 is 0 Å². The molecule has 0 bridgehead atoms. The van der Waals surface area contributed by atoms with Crippen LogP contribution in [-0.4, -0.2) is 63.5 Å². The Morgan fingerprint density at radius 3 is 2.71 bits per heavy atom. The number of aromatic nitrogens is 4. The lowest BCUT2D eigenvalue weighted by Crippen LogP contribution is -2.34. The number of hydrogen-bond acceptors (Lipinski definition) is 7. The lowest BCUT2D eigenvalue weighted by Gasteiger charge is -2.27. The van der Waals surface area contributed by atoms with E-state index < -0.39 is 5.82 Å². The van der Waals surface area contributed by atoms with Gasteiger partial charge in [0.1, 0.15) is 12.1 Å². The minimum absolute atomic E-state index is 0.105. The van der Waals surface area contributed by atoms with Crippen LogP contribution in [0.5, 0.6) is 11.5 Å². The number of likely N-dealkylation sites (tertiary alicyclic amines) is 1. The number of amides is 1. The van der Waals surface area contributed by atoms with Crippen LogP contribution in [0.2, 0.25) is 0 Å². The average molecular weight is 574 g/mol. The van der Waals surface area contributed by atoms with E-state index in [0.717, 1.165) is 56.6 Å². The van der Waals surface area contributed by atoms with Crippen LogP contribution < -0.4 is 20.2 Å². The van der Waals surface area contributed by atoms with Gasteiger partial charge in [0, 0.05) is 50.1 Å². The summed E-state index contributed by atoms with van der Waals surface area (Å²) >= 11 is 0. The second-order valence-electron chi connectivity index (χ2n) is 11.8. The zero-order valence-corrected chi connectivity index (χ0v) is 24.2. The van der Waals surface area contributed by atoms with Crippen molar-refractivity contribution in [1.82, 2.24) is 24.8 Å². The summed E-state index contributed by atoms with van der Waals surface area (Å²) in [5.74, 6) is 0.750. The number of H-pyrrole nitrogens is 2. The van der Waals surface area contributed by atoms with Gasteiger partial charge in [-0.25, -0.2) is 19.2 Å². The Morgan fingerprint density at radius 2 is 1.90 bits per heavy atom. The maximum atomic E-state index is 14.3. The molecule has 1 atom stereocenters. The fraction of sp³-hybridized carbons (Fsp3) is 0.419. The number of rotatable bonds is 8. The van der Waals surface area contributed by atoms with Gasteiger partial charge in [0.2, 0.25) is 5.91 Å². The van der Waals surface area contributed by atoms with Crippen LogP contribution in [0.25, 0.3) is 11.0 Å². The van der Waals surface area contributed by atoms with Crippen LogP contribution in [0.1, 0.15) is 39.2 Å². The predicted octanol–water partition coefficient (Wildman–Crippen LogP) is 4.69. The molecule has 1 amide bonds. The molecule has 2 aromatic carbocycles. The molecule has 2 aromatic heterocycles. The monoisotopic (exact) mass is 573 g/mol. The minimum Gasteiger partial charge on any atom is -0.450 e. The predicted molar refractivity (Wildman–Crippen MR) is 159 cm³/mol. The van der Waals surface area contributed by atoms with Crippen LogP contribution in [0, 0.1) is 17.2 Å². The number of nitrogens with one attached hydrogen (secondary N) is 2. The van der Waals surface area contributed by atoms with E-state index in [1.54, 1.807) is 17.2 Å². The fourth-order valence-electron chi connectivity index (χ4n) is 6.33. The third-order valence-electron chi connectivity index (χ3n) is 8.41. The Kier molecular flexibility index (Phi) is 7.44. The number of anilines is 2. The zero-order chi connectivity index (χ0) is 29.4. The molecule has 2 fully saturated rings. The molecule has 0 radical (unpaired) electrons. The maximum absolute atomic E-state index is 14.3. The number of carbonyl (C=O) groups excluding carboxylic acids is 1. The average Bonchev–Trinajstić information content (AvgIpc) is 3.68. The molecule has 4 aromatic rings. The van der Waals surface area contributed by atoms with Crippen molar-refractivity contribution in [1.29, 1.82) is 0 Å². The Bertz CT molecular complexity index is 1670. The number of nitrogens with zero attached hydrogens (tertiary/aromatic N) is 5. The van der Waals surface area contributed by atoms with E-state index in [1.165, 1.54) is 24.0 Å². The molecule has 1 spiro atoms. The van der Waals surface area contributed by atoms with Crippen molar-refractivity contribution < 1.29 is 13.9 Å². The first-order valence-corrected chi connectivity index (χ1v) is 14.5. The van der Waals surface area contributed by atoms with Gasteiger partial charge in [-0.1, -0.05) is 19.9 Å². The van der Waals surface area contributed by atoms with Crippen molar-refractivity contribution in [3.8, 4) is 11.5 Å². The van der Waals surface area contributed by atoms with Gasteiger partial charge in [-0.3, -0.25) is 9.69 Å². The minimum atomic E-state index is -0.439. The Hall–Kier alpha value is -4.25. The smallest absolute Gasteiger partial charge is 0.323 e. The number of ether oxygens (including phenoxy) is 1. The zero-order valence-electron chi connectivity index (χ0n) is 24.2. The fourth-order valence-corrected chi connectivity index (χ4v) is 6.33. The van der Waals surface area contributed by atoms with Gasteiger partial charge in [-0.2, -0.15) is 0 Å². The van der Waals surface area contributed by atoms with Crippen molar-refractivity contribution in [3.63, 3.8) is 0 Å². The summed E-state index contributed by atoms with van der Waals surface area (Å²) in [7, 11) is 0. The summed E-state index contributed by atoms with van der Waals surface area (Å²) in [6, 6.07) is 10.3. The molecular formula is C31H36FN7O3. The first-order valence-electron chi connectivity index (χ1n) is 14.5. The standard InChI is InChI=1S/C31H36FN7O3/c1-4-39(29(40)20(2)3)25-14-22(32)6-8-26(25)42-27-15-33-19-34-28(27)38-12-10-31(18-38)9-11-37(17-31)16-21-5-7-23-24(13-21)36-30(41)35-23/h5-8,13-15,19-20H,4,9-12,16-18H2,1-3H3,(H2,35,36,41). The van der Waals surface area contributed by atoms with Crippen molar-refractivity contribution in [2.45, 2.75) is 40.2 Å². The van der Waals surface area contributed by atoms with E-state index in [9.17, 15) is 14.0 Å². The molecule has 1 unspecified atom stereocenters. The number of fused-ring (bicyclic) bond motifs is 1. The van der Waals surface area contributed by atoms with Gasteiger partial charge in [-0.15, -0.1) is 0 Å². The molecule has 2 aliphatic rings. The number of halogens is 1. The molecule has 2 saturated heterocycles. The molecule has 4 heterocycles. The van der Waals surface area contributed by atoms with Gasteiger partial charge in [-0.05, 0) is 56.1 Å². The first kappa shape index (κ1) is 27.9. The summed E-state index contributed by atoms with van der Waals surface area (Å²) in [5, 5.41) is 0. The maximum Gasteiger partial charge on any atom is 0.323 e. The molecule has 42 heavy (non-hydrogen) atoms. The number of hydrogen-bond donors (Lipinski definition) is 2. The van der Waals surface area contributed by atoms with Crippen LogP contribution in [0.15, 0.2) is 53.7 Å². The van der Waals surface area contributed by atoms with Crippen LogP contribution in [-0.2, 0) is 11.3 Å². The van der Waals surface area contributed by atoms with E-state index in [1.807, 2.05) is 32.9 Å². The molecule has 2 N–H and O–H groups in total. The Labute approximate surface area is 243 Å². The first-order chi connectivity index (χ1) is 20.2. The van der Waals surface area contributed by atoms with E-state index in [4.69, 9.17) is 4.74 Å². The van der Waals surface area contributed by atoms with E-state index in [-0.39, 0.29) is 22.9 Å². The molecule has 220 valence electrons. The largest absolute Gasteiger partial charge is 0.450 e. The highest BCUT2D eigenvalue weighted by Gasteiger charge is 2.44. The third-order valence-corrected chi connectivity index (χ3v) is 8.41. The topological polar surface area (TPSA) is 110 Å². The third kappa shape index (κ3) is 5.48. The highest BCUT2D eigenvalue weighted by molar-refractivity contribution is 5.96. The van der Waals surface area contributed by atoms with Crippen molar-refractivity contribution in [3.05, 3.63) is 70.8 Å². The summed E-state index contributed by atoms with van der Waals surface area (Å²) in [6.45, 7) is 10.4.